The Morgan fingerprint density at radius 3 is 2.18 bits per heavy atom. The van der Waals surface area contributed by atoms with E-state index < -0.39 is 27.7 Å². The minimum Gasteiger partial charge on any atom is -0.462 e. The standard InChI is InChI=1S/C25H25FN2O5S/c1-4-33-25(30)20-8-5-17(2)23(15-20)27-24(29)19-9-13-22(14-10-19)28(34(3,31)32)16-18-6-11-21(26)12-7-18/h5-15H,4,16H2,1-3H3,(H,27,29). The molecule has 1 amide bonds. The van der Waals surface area contributed by atoms with Crippen molar-refractivity contribution in [1.82, 2.24) is 0 Å². The summed E-state index contributed by atoms with van der Waals surface area (Å²) < 4.78 is 44.1. The van der Waals surface area contributed by atoms with Crippen LogP contribution >= 0.6 is 0 Å². The van der Waals surface area contributed by atoms with Crippen LogP contribution in [0.5, 0.6) is 0 Å². The summed E-state index contributed by atoms with van der Waals surface area (Å²) in [4.78, 5) is 24.8. The van der Waals surface area contributed by atoms with Gasteiger partial charge >= 0.3 is 5.97 Å². The van der Waals surface area contributed by atoms with Gasteiger partial charge in [0.2, 0.25) is 10.0 Å². The molecule has 0 fully saturated rings. The number of hydrogen-bond acceptors (Lipinski definition) is 5. The average Bonchev–Trinajstić information content (AvgIpc) is 2.79. The molecular weight excluding hydrogens is 459 g/mol. The van der Waals surface area contributed by atoms with E-state index in [1.54, 1.807) is 32.0 Å². The zero-order chi connectivity index (χ0) is 24.9. The lowest BCUT2D eigenvalue weighted by molar-refractivity contribution is 0.0526. The number of halogens is 1. The summed E-state index contributed by atoms with van der Waals surface area (Å²) in [5.74, 6) is -1.31. The van der Waals surface area contributed by atoms with Gasteiger partial charge in [0.05, 0.1) is 30.7 Å². The molecule has 3 aromatic rings. The van der Waals surface area contributed by atoms with E-state index in [4.69, 9.17) is 4.74 Å². The number of hydrogen-bond donors (Lipinski definition) is 1. The van der Waals surface area contributed by atoms with Gasteiger partial charge in [-0.1, -0.05) is 18.2 Å². The number of ether oxygens (including phenoxy) is 1. The van der Waals surface area contributed by atoms with Gasteiger partial charge in [-0.05, 0) is 73.5 Å². The van der Waals surface area contributed by atoms with Crippen molar-refractivity contribution in [2.24, 2.45) is 0 Å². The molecule has 0 radical (unpaired) electrons. The number of carbonyl (C=O) groups is 2. The van der Waals surface area contributed by atoms with Crippen LogP contribution in [0.3, 0.4) is 0 Å². The number of carbonyl (C=O) groups excluding carboxylic acids is 2. The van der Waals surface area contributed by atoms with Gasteiger partial charge in [-0.3, -0.25) is 9.10 Å². The van der Waals surface area contributed by atoms with Crippen molar-refractivity contribution in [2.75, 3.05) is 22.5 Å². The maximum atomic E-state index is 13.2. The van der Waals surface area contributed by atoms with Crippen molar-refractivity contribution in [3.8, 4) is 0 Å². The summed E-state index contributed by atoms with van der Waals surface area (Å²) in [6.45, 7) is 3.77. The Kier molecular flexibility index (Phi) is 7.68. The summed E-state index contributed by atoms with van der Waals surface area (Å²) in [6, 6.07) is 16.5. The molecule has 1 N–H and O–H groups in total. The maximum Gasteiger partial charge on any atom is 0.338 e. The zero-order valence-electron chi connectivity index (χ0n) is 19.0. The number of rotatable bonds is 8. The molecule has 3 rings (SSSR count). The molecule has 0 bridgehead atoms. The lowest BCUT2D eigenvalue weighted by Crippen LogP contribution is -2.29. The fraction of sp³-hybridized carbons (Fsp3) is 0.200. The predicted molar refractivity (Wildman–Crippen MR) is 129 cm³/mol. The number of esters is 1. The molecule has 9 heteroatoms. The molecule has 0 aliphatic carbocycles. The Hall–Kier alpha value is -3.72. The van der Waals surface area contributed by atoms with Gasteiger partial charge in [-0.25, -0.2) is 17.6 Å². The molecule has 0 unspecified atom stereocenters. The molecule has 0 aliphatic rings. The lowest BCUT2D eigenvalue weighted by atomic mass is 10.1. The summed E-state index contributed by atoms with van der Waals surface area (Å²) in [5.41, 5.74) is 2.84. The van der Waals surface area contributed by atoms with E-state index in [-0.39, 0.29) is 13.2 Å². The third-order valence-electron chi connectivity index (χ3n) is 5.05. The molecule has 0 aromatic heterocycles. The van der Waals surface area contributed by atoms with Crippen LogP contribution in [-0.2, 0) is 21.3 Å². The monoisotopic (exact) mass is 484 g/mol. The van der Waals surface area contributed by atoms with Crippen LogP contribution in [0, 0.1) is 12.7 Å². The van der Waals surface area contributed by atoms with Gasteiger partial charge < -0.3 is 10.1 Å². The van der Waals surface area contributed by atoms with E-state index in [0.717, 1.165) is 11.8 Å². The van der Waals surface area contributed by atoms with Crippen molar-refractivity contribution in [1.29, 1.82) is 0 Å². The molecule has 34 heavy (non-hydrogen) atoms. The highest BCUT2D eigenvalue weighted by molar-refractivity contribution is 7.92. The fourth-order valence-electron chi connectivity index (χ4n) is 3.23. The van der Waals surface area contributed by atoms with Gasteiger partial charge in [0.25, 0.3) is 5.91 Å². The molecule has 7 nitrogen and oxygen atoms in total. The number of aryl methyl sites for hydroxylation is 1. The van der Waals surface area contributed by atoms with E-state index in [1.807, 2.05) is 0 Å². The van der Waals surface area contributed by atoms with Crippen LogP contribution in [0.25, 0.3) is 0 Å². The summed E-state index contributed by atoms with van der Waals surface area (Å²) in [7, 11) is -3.64. The Labute approximate surface area is 198 Å². The Morgan fingerprint density at radius 2 is 1.59 bits per heavy atom. The SMILES string of the molecule is CCOC(=O)c1ccc(C)c(NC(=O)c2ccc(N(Cc3ccc(F)cc3)S(C)(=O)=O)cc2)c1. The van der Waals surface area contributed by atoms with Gasteiger partial charge in [-0.2, -0.15) is 0 Å². The third-order valence-corrected chi connectivity index (χ3v) is 6.19. The number of amides is 1. The molecule has 0 heterocycles. The average molecular weight is 485 g/mol. The summed E-state index contributed by atoms with van der Waals surface area (Å²) in [6.07, 6.45) is 1.08. The van der Waals surface area contributed by atoms with Gasteiger partial charge in [0.15, 0.2) is 0 Å². The first-order valence-corrected chi connectivity index (χ1v) is 12.3. The smallest absolute Gasteiger partial charge is 0.338 e. The second-order valence-corrected chi connectivity index (χ2v) is 9.55. The van der Waals surface area contributed by atoms with Crippen LogP contribution in [0.1, 0.15) is 38.8 Å². The van der Waals surface area contributed by atoms with Crippen LogP contribution < -0.4 is 9.62 Å². The van der Waals surface area contributed by atoms with Crippen molar-refractivity contribution in [2.45, 2.75) is 20.4 Å². The van der Waals surface area contributed by atoms with Crippen molar-refractivity contribution in [3.63, 3.8) is 0 Å². The molecular formula is C25H25FN2O5S. The number of benzene rings is 3. The lowest BCUT2D eigenvalue weighted by Gasteiger charge is -2.23. The highest BCUT2D eigenvalue weighted by Gasteiger charge is 2.19. The Bertz CT molecular complexity index is 1290. The Balaban J connectivity index is 1.80. The normalized spacial score (nSPS) is 11.1. The van der Waals surface area contributed by atoms with Crippen molar-refractivity contribution < 1.29 is 27.1 Å². The van der Waals surface area contributed by atoms with E-state index in [9.17, 15) is 22.4 Å². The number of anilines is 2. The quantitative estimate of drug-likeness (QED) is 0.474. The van der Waals surface area contributed by atoms with Crippen LogP contribution in [0.15, 0.2) is 66.7 Å². The van der Waals surface area contributed by atoms with Gasteiger partial charge in [-0.15, -0.1) is 0 Å². The first kappa shape index (κ1) is 24.9. The van der Waals surface area contributed by atoms with Crippen LogP contribution in [-0.4, -0.2) is 33.2 Å². The van der Waals surface area contributed by atoms with Gasteiger partial charge in [0.1, 0.15) is 5.82 Å². The van der Waals surface area contributed by atoms with Crippen molar-refractivity contribution >= 4 is 33.3 Å². The highest BCUT2D eigenvalue weighted by Crippen LogP contribution is 2.23. The zero-order valence-corrected chi connectivity index (χ0v) is 19.9. The first-order chi connectivity index (χ1) is 16.1. The minimum atomic E-state index is -3.64. The largest absolute Gasteiger partial charge is 0.462 e. The van der Waals surface area contributed by atoms with Crippen LogP contribution in [0.4, 0.5) is 15.8 Å². The summed E-state index contributed by atoms with van der Waals surface area (Å²) >= 11 is 0. The predicted octanol–water partition coefficient (Wildman–Crippen LogP) is 4.53. The molecule has 3 aromatic carbocycles. The minimum absolute atomic E-state index is 0.0184. The van der Waals surface area contributed by atoms with E-state index in [1.165, 1.54) is 52.8 Å². The van der Waals surface area contributed by atoms with Crippen molar-refractivity contribution in [3.05, 3.63) is 94.8 Å². The maximum absolute atomic E-state index is 13.2. The third kappa shape index (κ3) is 6.20. The Morgan fingerprint density at radius 1 is 0.971 bits per heavy atom. The number of sulfonamides is 1. The van der Waals surface area contributed by atoms with E-state index in [0.29, 0.717) is 28.1 Å². The van der Waals surface area contributed by atoms with Gasteiger partial charge in [0, 0.05) is 11.3 Å². The molecule has 0 spiro atoms. The highest BCUT2D eigenvalue weighted by atomic mass is 32.2. The van der Waals surface area contributed by atoms with E-state index >= 15 is 0 Å². The number of nitrogens with zero attached hydrogens (tertiary/aromatic N) is 1. The first-order valence-electron chi connectivity index (χ1n) is 10.5. The number of nitrogens with one attached hydrogen (secondary N) is 1. The van der Waals surface area contributed by atoms with E-state index in [2.05, 4.69) is 5.32 Å². The summed E-state index contributed by atoms with van der Waals surface area (Å²) in [5, 5.41) is 2.77. The molecule has 0 saturated heterocycles. The molecule has 0 aliphatic heterocycles. The molecule has 178 valence electrons. The van der Waals surface area contributed by atoms with Crippen LogP contribution in [0.2, 0.25) is 0 Å². The second-order valence-electron chi connectivity index (χ2n) is 7.65. The molecule has 0 saturated carbocycles. The topological polar surface area (TPSA) is 92.8 Å². The fourth-order valence-corrected chi connectivity index (χ4v) is 4.12. The molecule has 0 atom stereocenters. The second kappa shape index (κ2) is 10.5.